The minimum absolute atomic E-state index is 0.0278. The van der Waals surface area contributed by atoms with Crippen LogP contribution in [-0.2, 0) is 10.0 Å². The standard InChI is InChI=1S/C32H37N5O4S/c1-5-7-19-37(20-8-6-2)32-33-18-17-29(34-32)27-16-14-25(22-28(27)31(39)36(3)4)30(38)35-42(40,41)26-15-13-23-11-9-10-12-24(23)21-26/h9-18,21-22H,5-8,19-20H2,1-4H3,(H,35,38). The summed E-state index contributed by atoms with van der Waals surface area (Å²) in [6, 6.07) is 18.3. The Kier molecular flexibility index (Phi) is 9.90. The first-order valence-electron chi connectivity index (χ1n) is 14.1. The smallest absolute Gasteiger partial charge is 0.265 e. The molecule has 0 bridgehead atoms. The van der Waals surface area contributed by atoms with Crippen molar-refractivity contribution in [2.75, 3.05) is 32.1 Å². The van der Waals surface area contributed by atoms with Crippen LogP contribution in [-0.4, -0.2) is 62.3 Å². The predicted molar refractivity (Wildman–Crippen MR) is 166 cm³/mol. The number of sulfonamides is 1. The molecule has 220 valence electrons. The highest BCUT2D eigenvalue weighted by Crippen LogP contribution is 2.26. The largest absolute Gasteiger partial charge is 0.345 e. The molecule has 3 aromatic carbocycles. The summed E-state index contributed by atoms with van der Waals surface area (Å²) in [4.78, 5) is 39.3. The number of benzene rings is 3. The van der Waals surface area contributed by atoms with Crippen LogP contribution in [0.15, 0.2) is 77.8 Å². The van der Waals surface area contributed by atoms with Crippen molar-refractivity contribution in [1.29, 1.82) is 0 Å². The molecule has 0 aliphatic heterocycles. The average molecular weight is 588 g/mol. The second-order valence-electron chi connectivity index (χ2n) is 10.3. The summed E-state index contributed by atoms with van der Waals surface area (Å²) in [5, 5.41) is 1.63. The molecule has 10 heteroatoms. The Morgan fingerprint density at radius 3 is 2.21 bits per heavy atom. The molecular weight excluding hydrogens is 550 g/mol. The van der Waals surface area contributed by atoms with E-state index in [1.807, 2.05) is 18.2 Å². The van der Waals surface area contributed by atoms with E-state index in [0.717, 1.165) is 49.5 Å². The van der Waals surface area contributed by atoms with Crippen LogP contribution in [0, 0.1) is 0 Å². The summed E-state index contributed by atoms with van der Waals surface area (Å²) < 4.78 is 28.3. The summed E-state index contributed by atoms with van der Waals surface area (Å²) >= 11 is 0. The molecule has 0 saturated carbocycles. The molecule has 1 aromatic heterocycles. The molecule has 4 aromatic rings. The number of hydrogen-bond acceptors (Lipinski definition) is 7. The number of carbonyl (C=O) groups is 2. The maximum atomic E-state index is 13.3. The van der Waals surface area contributed by atoms with Gasteiger partial charge in [0.05, 0.1) is 10.6 Å². The van der Waals surface area contributed by atoms with Gasteiger partial charge < -0.3 is 9.80 Å². The highest BCUT2D eigenvalue weighted by Gasteiger charge is 2.23. The first-order valence-corrected chi connectivity index (χ1v) is 15.6. The van der Waals surface area contributed by atoms with Crippen molar-refractivity contribution in [3.63, 3.8) is 0 Å². The third kappa shape index (κ3) is 7.12. The molecule has 0 radical (unpaired) electrons. The number of anilines is 1. The minimum atomic E-state index is -4.16. The van der Waals surface area contributed by atoms with E-state index in [2.05, 4.69) is 28.5 Å². The summed E-state index contributed by atoms with van der Waals surface area (Å²) in [5.74, 6) is -0.594. The first kappa shape index (κ1) is 30.6. The molecule has 2 amide bonds. The number of nitrogens with zero attached hydrogens (tertiary/aromatic N) is 4. The van der Waals surface area contributed by atoms with E-state index in [9.17, 15) is 18.0 Å². The SMILES string of the molecule is CCCCN(CCCC)c1nccc(-c2ccc(C(=O)NS(=O)(=O)c3ccc4ccccc4c3)cc2C(=O)N(C)C)n1. The van der Waals surface area contributed by atoms with E-state index in [4.69, 9.17) is 4.98 Å². The van der Waals surface area contributed by atoms with E-state index in [1.165, 1.54) is 29.2 Å². The molecule has 0 unspecified atom stereocenters. The highest BCUT2D eigenvalue weighted by atomic mass is 32.2. The van der Waals surface area contributed by atoms with Crippen molar-refractivity contribution in [1.82, 2.24) is 19.6 Å². The van der Waals surface area contributed by atoms with Crippen LogP contribution in [0.3, 0.4) is 0 Å². The van der Waals surface area contributed by atoms with Gasteiger partial charge in [-0.05, 0) is 53.9 Å². The topological polar surface area (TPSA) is 113 Å². The van der Waals surface area contributed by atoms with Gasteiger partial charge in [0.1, 0.15) is 0 Å². The van der Waals surface area contributed by atoms with E-state index in [-0.39, 0.29) is 21.9 Å². The molecule has 0 spiro atoms. The number of rotatable bonds is 12. The number of carbonyl (C=O) groups excluding carboxylic acids is 2. The summed E-state index contributed by atoms with van der Waals surface area (Å²) in [5.41, 5.74) is 1.33. The quantitative estimate of drug-likeness (QED) is 0.232. The number of unbranched alkanes of at least 4 members (excludes halogenated alkanes) is 2. The molecular formula is C32H37N5O4S. The molecule has 1 heterocycles. The zero-order valence-electron chi connectivity index (χ0n) is 24.5. The van der Waals surface area contributed by atoms with Gasteiger partial charge in [0, 0.05) is 50.1 Å². The zero-order valence-corrected chi connectivity index (χ0v) is 25.3. The third-order valence-electron chi connectivity index (χ3n) is 6.94. The number of nitrogens with one attached hydrogen (secondary N) is 1. The molecule has 4 rings (SSSR count). The lowest BCUT2D eigenvalue weighted by atomic mass is 10.00. The predicted octanol–water partition coefficient (Wildman–Crippen LogP) is 5.52. The Morgan fingerprint density at radius 2 is 1.55 bits per heavy atom. The molecule has 0 aliphatic rings. The maximum Gasteiger partial charge on any atom is 0.265 e. The molecule has 0 fully saturated rings. The van der Waals surface area contributed by atoms with Gasteiger partial charge in [-0.2, -0.15) is 0 Å². The summed E-state index contributed by atoms with van der Waals surface area (Å²) in [6.07, 6.45) is 5.78. The van der Waals surface area contributed by atoms with Crippen LogP contribution in [0.5, 0.6) is 0 Å². The van der Waals surface area contributed by atoms with Gasteiger partial charge >= 0.3 is 0 Å². The Morgan fingerprint density at radius 1 is 0.857 bits per heavy atom. The Bertz CT molecular complexity index is 1680. The molecule has 42 heavy (non-hydrogen) atoms. The molecule has 9 nitrogen and oxygen atoms in total. The van der Waals surface area contributed by atoms with Crippen LogP contribution in [0.4, 0.5) is 5.95 Å². The van der Waals surface area contributed by atoms with Gasteiger partial charge in [-0.25, -0.2) is 23.1 Å². The van der Waals surface area contributed by atoms with Gasteiger partial charge in [-0.1, -0.05) is 63.1 Å². The monoisotopic (exact) mass is 587 g/mol. The second kappa shape index (κ2) is 13.6. The lowest BCUT2D eigenvalue weighted by Crippen LogP contribution is -2.31. The Labute approximate surface area is 247 Å². The summed E-state index contributed by atoms with van der Waals surface area (Å²) in [7, 11) is -0.929. The fourth-order valence-corrected chi connectivity index (χ4v) is 5.57. The highest BCUT2D eigenvalue weighted by molar-refractivity contribution is 7.90. The van der Waals surface area contributed by atoms with Crippen LogP contribution < -0.4 is 9.62 Å². The first-order chi connectivity index (χ1) is 20.1. The lowest BCUT2D eigenvalue weighted by molar-refractivity contribution is 0.0828. The number of fused-ring (bicyclic) bond motifs is 1. The van der Waals surface area contributed by atoms with E-state index < -0.39 is 15.9 Å². The molecule has 0 aliphatic carbocycles. The normalized spacial score (nSPS) is 11.3. The van der Waals surface area contributed by atoms with Gasteiger partial charge in [-0.3, -0.25) is 9.59 Å². The van der Waals surface area contributed by atoms with Crippen LogP contribution in [0.25, 0.3) is 22.0 Å². The second-order valence-corrected chi connectivity index (χ2v) is 12.0. The van der Waals surface area contributed by atoms with Crippen molar-refractivity contribution in [2.24, 2.45) is 0 Å². The van der Waals surface area contributed by atoms with E-state index in [1.54, 1.807) is 44.6 Å². The van der Waals surface area contributed by atoms with Crippen LogP contribution in [0.1, 0.15) is 60.2 Å². The van der Waals surface area contributed by atoms with Crippen molar-refractivity contribution >= 4 is 38.6 Å². The Balaban J connectivity index is 1.67. The number of amides is 2. The van der Waals surface area contributed by atoms with Crippen molar-refractivity contribution in [3.05, 3.63) is 84.1 Å². The lowest BCUT2D eigenvalue weighted by Gasteiger charge is -2.23. The van der Waals surface area contributed by atoms with E-state index >= 15 is 0 Å². The third-order valence-corrected chi connectivity index (χ3v) is 8.27. The molecule has 1 N–H and O–H groups in total. The van der Waals surface area contributed by atoms with Crippen LogP contribution in [0.2, 0.25) is 0 Å². The minimum Gasteiger partial charge on any atom is -0.345 e. The Hall–Kier alpha value is -4.31. The van der Waals surface area contributed by atoms with Gasteiger partial charge in [0.15, 0.2) is 0 Å². The number of hydrogen-bond donors (Lipinski definition) is 1. The fraction of sp³-hybridized carbons (Fsp3) is 0.312. The van der Waals surface area contributed by atoms with Crippen LogP contribution >= 0.6 is 0 Å². The summed E-state index contributed by atoms with van der Waals surface area (Å²) in [6.45, 7) is 5.93. The fourth-order valence-electron chi connectivity index (χ4n) is 4.56. The number of aromatic nitrogens is 2. The average Bonchev–Trinajstić information content (AvgIpc) is 3.00. The maximum absolute atomic E-state index is 13.3. The van der Waals surface area contributed by atoms with E-state index in [0.29, 0.717) is 17.2 Å². The van der Waals surface area contributed by atoms with Gasteiger partial charge in [0.25, 0.3) is 21.8 Å². The van der Waals surface area contributed by atoms with Gasteiger partial charge in [0.2, 0.25) is 5.95 Å². The zero-order chi connectivity index (χ0) is 30.3. The van der Waals surface area contributed by atoms with Crippen molar-refractivity contribution in [2.45, 2.75) is 44.4 Å². The molecule has 0 saturated heterocycles. The van der Waals surface area contributed by atoms with Gasteiger partial charge in [-0.15, -0.1) is 0 Å². The molecule has 0 atom stereocenters. The van der Waals surface area contributed by atoms with Crippen molar-refractivity contribution in [3.8, 4) is 11.3 Å². The van der Waals surface area contributed by atoms with Crippen molar-refractivity contribution < 1.29 is 18.0 Å².